The largest absolute Gasteiger partial charge is 0.478 e. The summed E-state index contributed by atoms with van der Waals surface area (Å²) in [6, 6.07) is 8.68. The third kappa shape index (κ3) is 3.14. The maximum atomic E-state index is 13.8. The van der Waals surface area contributed by atoms with E-state index in [0.717, 1.165) is 0 Å². The molecule has 1 heterocycles. The Labute approximate surface area is 137 Å². The first-order valence-electron chi connectivity index (χ1n) is 6.64. The van der Waals surface area contributed by atoms with Crippen LogP contribution in [0.3, 0.4) is 0 Å². The Kier molecular flexibility index (Phi) is 3.96. The van der Waals surface area contributed by atoms with E-state index in [4.69, 9.17) is 5.11 Å². The second kappa shape index (κ2) is 5.92. The molecule has 0 aliphatic carbocycles. The molecule has 0 bridgehead atoms. The van der Waals surface area contributed by atoms with Crippen LogP contribution in [0.5, 0.6) is 0 Å². The molecule has 0 saturated carbocycles. The van der Waals surface area contributed by atoms with Crippen LogP contribution in [-0.4, -0.2) is 21.0 Å². The Morgan fingerprint density at radius 1 is 1.26 bits per heavy atom. The van der Waals surface area contributed by atoms with Crippen molar-refractivity contribution >= 4 is 32.9 Å². The van der Waals surface area contributed by atoms with Crippen LogP contribution in [-0.2, 0) is 6.42 Å². The molecule has 0 aliphatic heterocycles. The summed E-state index contributed by atoms with van der Waals surface area (Å²) in [5.74, 6) is -1.52. The number of rotatable bonds is 3. The molecule has 2 N–H and O–H groups in total. The van der Waals surface area contributed by atoms with Crippen molar-refractivity contribution in [1.29, 1.82) is 0 Å². The number of benzene rings is 2. The van der Waals surface area contributed by atoms with Crippen LogP contribution < -0.4 is 5.56 Å². The van der Waals surface area contributed by atoms with Crippen molar-refractivity contribution in [2.24, 2.45) is 0 Å². The number of carboxylic acids is 1. The average Bonchev–Trinajstić information content (AvgIpc) is 2.51. The summed E-state index contributed by atoms with van der Waals surface area (Å²) in [6.07, 6.45) is 0.00778. The molecule has 0 atom stereocenters. The molecule has 3 aromatic rings. The highest BCUT2D eigenvalue weighted by molar-refractivity contribution is 9.10. The number of fused-ring (bicyclic) bond motifs is 1. The van der Waals surface area contributed by atoms with Gasteiger partial charge in [0, 0.05) is 10.9 Å². The molecule has 0 unspecified atom stereocenters. The predicted molar refractivity (Wildman–Crippen MR) is 86.2 cm³/mol. The number of hydrogen-bond acceptors (Lipinski definition) is 3. The Bertz CT molecular complexity index is 985. The molecular formula is C16H10BrFN2O3. The van der Waals surface area contributed by atoms with E-state index in [2.05, 4.69) is 25.9 Å². The normalized spacial score (nSPS) is 10.9. The van der Waals surface area contributed by atoms with E-state index in [1.807, 2.05) is 0 Å². The third-order valence-electron chi connectivity index (χ3n) is 3.38. The number of aromatic carboxylic acids is 1. The zero-order valence-corrected chi connectivity index (χ0v) is 13.2. The molecule has 2 aromatic carbocycles. The molecule has 1 aromatic heterocycles. The van der Waals surface area contributed by atoms with Gasteiger partial charge in [0.15, 0.2) is 0 Å². The van der Waals surface area contributed by atoms with Gasteiger partial charge in [-0.1, -0.05) is 15.9 Å². The zero-order chi connectivity index (χ0) is 16.6. The van der Waals surface area contributed by atoms with Gasteiger partial charge >= 0.3 is 5.97 Å². The van der Waals surface area contributed by atoms with Gasteiger partial charge in [0.25, 0.3) is 5.56 Å². The van der Waals surface area contributed by atoms with Crippen molar-refractivity contribution in [3.05, 3.63) is 73.9 Å². The first-order valence-corrected chi connectivity index (χ1v) is 7.43. The molecule has 0 saturated heterocycles. The van der Waals surface area contributed by atoms with E-state index in [0.29, 0.717) is 21.1 Å². The van der Waals surface area contributed by atoms with Gasteiger partial charge in [-0.15, -0.1) is 0 Å². The van der Waals surface area contributed by atoms with Crippen LogP contribution in [0.25, 0.3) is 11.0 Å². The lowest BCUT2D eigenvalue weighted by molar-refractivity contribution is 0.0697. The fraction of sp³-hybridized carbons (Fsp3) is 0.0625. The molecule has 23 heavy (non-hydrogen) atoms. The highest BCUT2D eigenvalue weighted by Crippen LogP contribution is 2.18. The SMILES string of the molecule is O=C(O)c1ccc2[nH]c(=O)c(Cc3cc(Br)ccc3F)nc2c1. The number of aromatic amines is 1. The summed E-state index contributed by atoms with van der Waals surface area (Å²) >= 11 is 3.26. The number of H-pyrrole nitrogens is 1. The molecule has 0 spiro atoms. The van der Waals surface area contributed by atoms with Gasteiger partial charge in [-0.3, -0.25) is 4.79 Å². The van der Waals surface area contributed by atoms with Crippen LogP contribution in [0.4, 0.5) is 4.39 Å². The van der Waals surface area contributed by atoms with Gasteiger partial charge in [0.05, 0.1) is 16.6 Å². The monoisotopic (exact) mass is 376 g/mol. The second-order valence-corrected chi connectivity index (χ2v) is 5.88. The minimum absolute atomic E-state index is 0.00778. The average molecular weight is 377 g/mol. The molecule has 3 rings (SSSR count). The number of nitrogens with one attached hydrogen (secondary N) is 1. The Morgan fingerprint density at radius 3 is 2.78 bits per heavy atom. The van der Waals surface area contributed by atoms with Crippen molar-refractivity contribution in [2.75, 3.05) is 0 Å². The van der Waals surface area contributed by atoms with Crippen molar-refractivity contribution in [3.63, 3.8) is 0 Å². The summed E-state index contributed by atoms with van der Waals surface area (Å²) < 4.78 is 14.5. The Morgan fingerprint density at radius 2 is 2.04 bits per heavy atom. The lowest BCUT2D eigenvalue weighted by Gasteiger charge is -2.05. The van der Waals surface area contributed by atoms with Gasteiger partial charge in [-0.2, -0.15) is 0 Å². The molecule has 0 amide bonds. The third-order valence-corrected chi connectivity index (χ3v) is 3.87. The maximum Gasteiger partial charge on any atom is 0.335 e. The first-order chi connectivity index (χ1) is 10.9. The van der Waals surface area contributed by atoms with Crippen LogP contribution in [0.15, 0.2) is 45.7 Å². The van der Waals surface area contributed by atoms with Gasteiger partial charge < -0.3 is 10.1 Å². The Balaban J connectivity index is 2.09. The summed E-state index contributed by atoms with van der Waals surface area (Å²) in [6.45, 7) is 0. The van der Waals surface area contributed by atoms with Gasteiger partial charge in [-0.05, 0) is 42.0 Å². The topological polar surface area (TPSA) is 83.0 Å². The van der Waals surface area contributed by atoms with E-state index in [1.54, 1.807) is 12.1 Å². The molecule has 116 valence electrons. The summed E-state index contributed by atoms with van der Waals surface area (Å²) in [5.41, 5.74) is 0.855. The van der Waals surface area contributed by atoms with Gasteiger partial charge in [0.1, 0.15) is 11.5 Å². The van der Waals surface area contributed by atoms with Crippen molar-refractivity contribution in [1.82, 2.24) is 9.97 Å². The highest BCUT2D eigenvalue weighted by atomic mass is 79.9. The summed E-state index contributed by atoms with van der Waals surface area (Å²) in [4.78, 5) is 29.9. The number of halogens is 2. The van der Waals surface area contributed by atoms with Crippen molar-refractivity contribution in [2.45, 2.75) is 6.42 Å². The molecule has 5 nitrogen and oxygen atoms in total. The standard InChI is InChI=1S/C16H10BrFN2O3/c17-10-2-3-11(18)9(5-10)7-14-15(21)20-12-4-1-8(16(22)23)6-13(12)19-14/h1-6H,7H2,(H,20,21)(H,22,23). The van der Waals surface area contributed by atoms with E-state index < -0.39 is 17.3 Å². The second-order valence-electron chi connectivity index (χ2n) is 4.96. The van der Waals surface area contributed by atoms with Crippen LogP contribution in [0.1, 0.15) is 21.6 Å². The molecular weight excluding hydrogens is 367 g/mol. The van der Waals surface area contributed by atoms with Gasteiger partial charge in [0.2, 0.25) is 0 Å². The smallest absolute Gasteiger partial charge is 0.335 e. The Hall–Kier alpha value is -2.54. The quantitative estimate of drug-likeness (QED) is 0.735. The lowest BCUT2D eigenvalue weighted by Crippen LogP contribution is -2.16. The minimum atomic E-state index is -1.08. The highest BCUT2D eigenvalue weighted by Gasteiger charge is 2.11. The van der Waals surface area contributed by atoms with E-state index >= 15 is 0 Å². The predicted octanol–water partition coefficient (Wildman–Crippen LogP) is 3.11. The number of nitrogens with zero attached hydrogens (tertiary/aromatic N) is 1. The maximum absolute atomic E-state index is 13.8. The zero-order valence-electron chi connectivity index (χ0n) is 11.6. The molecule has 0 aliphatic rings. The fourth-order valence-electron chi connectivity index (χ4n) is 2.23. The molecule has 0 fully saturated rings. The van der Waals surface area contributed by atoms with E-state index in [-0.39, 0.29) is 17.7 Å². The number of carboxylic acid groups (broad SMARTS) is 1. The number of hydrogen-bond donors (Lipinski definition) is 2. The van der Waals surface area contributed by atoms with Crippen LogP contribution >= 0.6 is 15.9 Å². The lowest BCUT2D eigenvalue weighted by atomic mass is 10.1. The number of aromatic nitrogens is 2. The number of carbonyl (C=O) groups is 1. The fourth-order valence-corrected chi connectivity index (χ4v) is 2.64. The summed E-state index contributed by atoms with van der Waals surface area (Å²) in [5, 5.41) is 9.02. The van der Waals surface area contributed by atoms with E-state index in [1.165, 1.54) is 24.3 Å². The minimum Gasteiger partial charge on any atom is -0.478 e. The molecule has 7 heteroatoms. The van der Waals surface area contributed by atoms with Gasteiger partial charge in [-0.25, -0.2) is 14.2 Å². The molecule has 0 radical (unpaired) electrons. The van der Waals surface area contributed by atoms with E-state index in [9.17, 15) is 14.0 Å². The van der Waals surface area contributed by atoms with Crippen LogP contribution in [0.2, 0.25) is 0 Å². The van der Waals surface area contributed by atoms with Crippen LogP contribution in [0, 0.1) is 5.82 Å². The van der Waals surface area contributed by atoms with Crippen molar-refractivity contribution in [3.8, 4) is 0 Å². The summed E-state index contributed by atoms with van der Waals surface area (Å²) in [7, 11) is 0. The first kappa shape index (κ1) is 15.4. The van der Waals surface area contributed by atoms with Crippen molar-refractivity contribution < 1.29 is 14.3 Å².